The molecule has 0 aliphatic carbocycles. The predicted molar refractivity (Wildman–Crippen MR) is 112 cm³/mol. The topological polar surface area (TPSA) is 18.5 Å². The van der Waals surface area contributed by atoms with Crippen molar-refractivity contribution in [1.29, 1.82) is 0 Å². The lowest BCUT2D eigenvalue weighted by Crippen LogP contribution is -2.02. The van der Waals surface area contributed by atoms with Gasteiger partial charge >= 0.3 is 0 Å². The molecule has 2 rings (SSSR count). The van der Waals surface area contributed by atoms with Crippen LogP contribution in [0.3, 0.4) is 0 Å². The molecule has 0 saturated carbocycles. The van der Waals surface area contributed by atoms with Gasteiger partial charge in [-0.15, -0.1) is 0 Å². The standard InChI is InChI=1S/C24H32O2/c1-9-19(23-15(3)11-13-21(25-7)17(23)5)20(10-2)24-16(4)12-14-22(26-8)18(24)6/h11-14H,9-10H2,1-8H3/b20-19-. The number of rotatable bonds is 6. The van der Waals surface area contributed by atoms with Crippen LogP contribution >= 0.6 is 0 Å². The van der Waals surface area contributed by atoms with Crippen molar-refractivity contribution in [3.05, 3.63) is 57.6 Å². The highest BCUT2D eigenvalue weighted by atomic mass is 16.5. The van der Waals surface area contributed by atoms with Crippen molar-refractivity contribution in [2.45, 2.75) is 54.4 Å². The summed E-state index contributed by atoms with van der Waals surface area (Å²) in [7, 11) is 3.49. The van der Waals surface area contributed by atoms with Crippen molar-refractivity contribution >= 4 is 11.1 Å². The van der Waals surface area contributed by atoms with Crippen LogP contribution in [0.4, 0.5) is 0 Å². The minimum absolute atomic E-state index is 0.950. The van der Waals surface area contributed by atoms with Crippen LogP contribution in [-0.2, 0) is 0 Å². The van der Waals surface area contributed by atoms with Gasteiger partial charge in [-0.25, -0.2) is 0 Å². The Labute approximate surface area is 158 Å². The summed E-state index contributed by atoms with van der Waals surface area (Å²) in [6.45, 7) is 13.2. The van der Waals surface area contributed by atoms with Gasteiger partial charge in [0.25, 0.3) is 0 Å². The molecular formula is C24H32O2. The third-order valence-corrected chi connectivity index (χ3v) is 5.36. The van der Waals surface area contributed by atoms with Crippen molar-refractivity contribution in [1.82, 2.24) is 0 Å². The van der Waals surface area contributed by atoms with Crippen LogP contribution in [0.2, 0.25) is 0 Å². The summed E-state index contributed by atoms with van der Waals surface area (Å²) in [5, 5.41) is 0. The van der Waals surface area contributed by atoms with Gasteiger partial charge in [-0.2, -0.15) is 0 Å². The zero-order chi connectivity index (χ0) is 19.4. The van der Waals surface area contributed by atoms with Crippen LogP contribution in [0, 0.1) is 27.7 Å². The minimum atomic E-state index is 0.950. The lowest BCUT2D eigenvalue weighted by atomic mass is 9.83. The highest BCUT2D eigenvalue weighted by molar-refractivity contribution is 5.94. The Bertz CT molecular complexity index is 759. The fraction of sp³-hybridized carbons (Fsp3) is 0.417. The smallest absolute Gasteiger partial charge is 0.122 e. The number of benzene rings is 2. The van der Waals surface area contributed by atoms with Gasteiger partial charge in [0, 0.05) is 0 Å². The normalized spacial score (nSPS) is 12.0. The van der Waals surface area contributed by atoms with Gasteiger partial charge in [-0.05, 0) is 97.2 Å². The van der Waals surface area contributed by atoms with Gasteiger partial charge in [0.2, 0.25) is 0 Å². The Balaban J connectivity index is 2.88. The van der Waals surface area contributed by atoms with Gasteiger partial charge in [-0.1, -0.05) is 26.0 Å². The van der Waals surface area contributed by atoms with Crippen molar-refractivity contribution in [3.8, 4) is 11.5 Å². The fourth-order valence-corrected chi connectivity index (χ4v) is 4.11. The van der Waals surface area contributed by atoms with Gasteiger partial charge in [-0.3, -0.25) is 0 Å². The second-order valence-electron chi connectivity index (χ2n) is 6.83. The first-order valence-electron chi connectivity index (χ1n) is 9.42. The Morgan fingerprint density at radius 2 is 1.00 bits per heavy atom. The molecule has 0 atom stereocenters. The second-order valence-corrected chi connectivity index (χ2v) is 6.83. The van der Waals surface area contributed by atoms with Crippen LogP contribution < -0.4 is 9.47 Å². The molecule has 0 bridgehead atoms. The van der Waals surface area contributed by atoms with Crippen molar-refractivity contribution in [2.75, 3.05) is 14.2 Å². The maximum absolute atomic E-state index is 5.60. The highest BCUT2D eigenvalue weighted by Crippen LogP contribution is 2.40. The van der Waals surface area contributed by atoms with E-state index in [1.54, 1.807) is 14.2 Å². The average molecular weight is 353 g/mol. The van der Waals surface area contributed by atoms with Gasteiger partial charge in [0.05, 0.1) is 14.2 Å². The highest BCUT2D eigenvalue weighted by Gasteiger charge is 2.19. The molecule has 0 spiro atoms. The SMILES string of the molecule is CC/C(=C(\CC)c1c(C)ccc(OC)c1C)c1c(C)ccc(OC)c1C. The van der Waals surface area contributed by atoms with Crippen LogP contribution in [-0.4, -0.2) is 14.2 Å². The first kappa shape index (κ1) is 20.1. The molecule has 26 heavy (non-hydrogen) atoms. The number of allylic oxidation sites excluding steroid dienone is 2. The van der Waals surface area contributed by atoms with E-state index in [9.17, 15) is 0 Å². The Morgan fingerprint density at radius 1 is 0.654 bits per heavy atom. The zero-order valence-electron chi connectivity index (χ0n) is 17.5. The molecule has 0 radical (unpaired) electrons. The summed E-state index contributed by atoms with van der Waals surface area (Å²) >= 11 is 0. The molecule has 0 aromatic heterocycles. The summed E-state index contributed by atoms with van der Waals surface area (Å²) in [6, 6.07) is 8.45. The summed E-state index contributed by atoms with van der Waals surface area (Å²) in [5.74, 6) is 1.90. The van der Waals surface area contributed by atoms with Gasteiger partial charge in [0.1, 0.15) is 11.5 Å². The van der Waals surface area contributed by atoms with E-state index in [1.807, 2.05) is 0 Å². The van der Waals surface area contributed by atoms with E-state index in [-0.39, 0.29) is 0 Å². The Hall–Kier alpha value is -2.22. The van der Waals surface area contributed by atoms with Crippen molar-refractivity contribution in [3.63, 3.8) is 0 Å². The molecule has 0 aliphatic heterocycles. The summed E-state index contributed by atoms with van der Waals surface area (Å²) < 4.78 is 11.2. The molecule has 0 amide bonds. The molecule has 2 heteroatoms. The maximum atomic E-state index is 5.60. The molecule has 0 fully saturated rings. The fourth-order valence-electron chi connectivity index (χ4n) is 4.11. The van der Waals surface area contributed by atoms with Crippen LogP contribution in [0.1, 0.15) is 60.1 Å². The Morgan fingerprint density at radius 3 is 1.27 bits per heavy atom. The molecule has 0 heterocycles. The lowest BCUT2D eigenvalue weighted by molar-refractivity contribution is 0.411. The number of hydrogen-bond donors (Lipinski definition) is 0. The molecule has 2 aromatic carbocycles. The summed E-state index contributed by atoms with van der Waals surface area (Å²) in [4.78, 5) is 0. The molecule has 0 unspecified atom stereocenters. The molecule has 140 valence electrons. The number of aryl methyl sites for hydroxylation is 2. The molecule has 0 aliphatic rings. The predicted octanol–water partition coefficient (Wildman–Crippen LogP) is 6.67. The van der Waals surface area contributed by atoms with E-state index < -0.39 is 0 Å². The average Bonchev–Trinajstić information content (AvgIpc) is 2.63. The van der Waals surface area contributed by atoms with E-state index in [2.05, 4.69) is 65.8 Å². The summed E-state index contributed by atoms with van der Waals surface area (Å²) in [6.07, 6.45) is 1.96. The third-order valence-electron chi connectivity index (χ3n) is 5.36. The maximum Gasteiger partial charge on any atom is 0.122 e. The monoisotopic (exact) mass is 352 g/mol. The first-order valence-corrected chi connectivity index (χ1v) is 9.42. The van der Waals surface area contributed by atoms with E-state index in [1.165, 1.54) is 44.5 Å². The van der Waals surface area contributed by atoms with Crippen LogP contribution in [0.15, 0.2) is 24.3 Å². The molecular weight excluding hydrogens is 320 g/mol. The van der Waals surface area contributed by atoms with Crippen molar-refractivity contribution in [2.24, 2.45) is 0 Å². The summed E-state index contributed by atoms with van der Waals surface area (Å²) in [5.41, 5.74) is 10.5. The van der Waals surface area contributed by atoms with Crippen LogP contribution in [0.25, 0.3) is 11.1 Å². The quantitative estimate of drug-likeness (QED) is 0.541. The molecule has 2 nitrogen and oxygen atoms in total. The molecule has 0 saturated heterocycles. The zero-order valence-corrected chi connectivity index (χ0v) is 17.5. The lowest BCUT2D eigenvalue weighted by Gasteiger charge is -2.23. The van der Waals surface area contributed by atoms with E-state index in [0.717, 1.165) is 24.3 Å². The van der Waals surface area contributed by atoms with Gasteiger partial charge < -0.3 is 9.47 Å². The van der Waals surface area contributed by atoms with E-state index in [4.69, 9.17) is 9.47 Å². The largest absolute Gasteiger partial charge is 0.496 e. The Kier molecular flexibility index (Phi) is 6.52. The van der Waals surface area contributed by atoms with Gasteiger partial charge in [0.15, 0.2) is 0 Å². The van der Waals surface area contributed by atoms with Crippen molar-refractivity contribution < 1.29 is 9.47 Å². The van der Waals surface area contributed by atoms with Crippen LogP contribution in [0.5, 0.6) is 11.5 Å². The van der Waals surface area contributed by atoms with E-state index in [0.29, 0.717) is 0 Å². The molecule has 0 N–H and O–H groups in total. The third kappa shape index (κ3) is 3.51. The number of methoxy groups -OCH3 is 2. The van der Waals surface area contributed by atoms with E-state index >= 15 is 0 Å². The number of ether oxygens (including phenoxy) is 2. The molecule has 2 aromatic rings. The second kappa shape index (κ2) is 8.44. The number of hydrogen-bond acceptors (Lipinski definition) is 2. The minimum Gasteiger partial charge on any atom is -0.496 e. The first-order chi connectivity index (χ1) is 12.4.